The molecule has 1 heterocycles. The molecular formula is C9H19N3O3. The number of primary amides is 1. The third-order valence-electron chi connectivity index (χ3n) is 2.03. The van der Waals surface area contributed by atoms with Gasteiger partial charge in [-0.1, -0.05) is 0 Å². The van der Waals surface area contributed by atoms with Crippen LogP contribution in [0, 0.1) is 0 Å². The molecular weight excluding hydrogens is 198 g/mol. The van der Waals surface area contributed by atoms with Crippen LogP contribution in [0.5, 0.6) is 0 Å². The summed E-state index contributed by atoms with van der Waals surface area (Å²) in [6.07, 6.45) is 3.54. The molecule has 6 nitrogen and oxygen atoms in total. The van der Waals surface area contributed by atoms with Crippen LogP contribution in [-0.4, -0.2) is 41.6 Å². The Balaban J connectivity index is 0.000000288. The molecule has 0 aliphatic carbocycles. The van der Waals surface area contributed by atoms with E-state index in [1.807, 2.05) is 0 Å². The molecule has 0 saturated carbocycles. The lowest BCUT2D eigenvalue weighted by molar-refractivity contribution is -0.136. The average Bonchev–Trinajstić information content (AvgIpc) is 2.20. The number of carbonyl (C=O) groups excluding carboxylic acids is 1. The molecule has 0 unspecified atom stereocenters. The molecule has 15 heavy (non-hydrogen) atoms. The van der Waals surface area contributed by atoms with Crippen LogP contribution < -0.4 is 11.5 Å². The highest BCUT2D eigenvalue weighted by atomic mass is 16.4. The van der Waals surface area contributed by atoms with E-state index in [4.69, 9.17) is 16.6 Å². The number of hydrogen-bond donors (Lipinski definition) is 3. The van der Waals surface area contributed by atoms with E-state index in [2.05, 4.69) is 0 Å². The maximum Gasteiger partial charge on any atom is 0.314 e. The van der Waals surface area contributed by atoms with Crippen molar-refractivity contribution in [2.75, 3.05) is 19.6 Å². The summed E-state index contributed by atoms with van der Waals surface area (Å²) < 4.78 is 0. The summed E-state index contributed by atoms with van der Waals surface area (Å²) in [5.74, 6) is -0.836. The molecule has 5 N–H and O–H groups in total. The number of likely N-dealkylation sites (tertiary alicyclic amines) is 1. The van der Waals surface area contributed by atoms with Gasteiger partial charge in [0.2, 0.25) is 0 Å². The van der Waals surface area contributed by atoms with Crippen molar-refractivity contribution in [3.63, 3.8) is 0 Å². The Kier molecular flexibility index (Phi) is 7.35. The summed E-state index contributed by atoms with van der Waals surface area (Å²) in [7, 11) is 0. The third-order valence-corrected chi connectivity index (χ3v) is 2.03. The first-order valence-electron chi connectivity index (χ1n) is 5.04. The van der Waals surface area contributed by atoms with Gasteiger partial charge >= 0.3 is 12.0 Å². The van der Waals surface area contributed by atoms with Gasteiger partial charge in [-0.15, -0.1) is 0 Å². The zero-order valence-electron chi connectivity index (χ0n) is 8.82. The Bertz CT molecular complexity index is 203. The lowest BCUT2D eigenvalue weighted by Gasteiger charge is -2.24. The standard InChI is InChI=1S/C6H12N2O.C3H7NO2/c7-6(9)8-4-2-1-3-5-8;4-2-1-3(5)6/h1-5H2,(H2,7,9);1-2,4H2,(H,5,6). The minimum absolute atomic E-state index is 0.0694. The van der Waals surface area contributed by atoms with Crippen LogP contribution in [0.4, 0.5) is 4.79 Å². The lowest BCUT2D eigenvalue weighted by Crippen LogP contribution is -2.39. The molecule has 0 radical (unpaired) electrons. The molecule has 0 atom stereocenters. The van der Waals surface area contributed by atoms with Crippen LogP contribution in [0.3, 0.4) is 0 Å². The fourth-order valence-electron chi connectivity index (χ4n) is 1.24. The molecule has 1 rings (SSSR count). The third kappa shape index (κ3) is 7.75. The Labute approximate surface area is 89.2 Å². The number of carbonyl (C=O) groups is 2. The Hall–Kier alpha value is -1.30. The molecule has 0 aromatic rings. The van der Waals surface area contributed by atoms with Gasteiger partial charge in [0.25, 0.3) is 0 Å². The Morgan fingerprint density at radius 1 is 1.20 bits per heavy atom. The van der Waals surface area contributed by atoms with Gasteiger partial charge in [0.15, 0.2) is 0 Å². The Morgan fingerprint density at radius 3 is 1.93 bits per heavy atom. The summed E-state index contributed by atoms with van der Waals surface area (Å²) in [5.41, 5.74) is 9.90. The van der Waals surface area contributed by atoms with E-state index in [9.17, 15) is 9.59 Å². The van der Waals surface area contributed by atoms with Crippen molar-refractivity contribution in [1.82, 2.24) is 4.90 Å². The number of hydrogen-bond acceptors (Lipinski definition) is 3. The van der Waals surface area contributed by atoms with Gasteiger partial charge in [0, 0.05) is 19.6 Å². The number of rotatable bonds is 2. The smallest absolute Gasteiger partial charge is 0.314 e. The molecule has 2 amide bonds. The van der Waals surface area contributed by atoms with E-state index < -0.39 is 5.97 Å². The van der Waals surface area contributed by atoms with Gasteiger partial charge in [-0.3, -0.25) is 4.79 Å². The SMILES string of the molecule is NC(=O)N1CCCCC1.NCCC(=O)O. The van der Waals surface area contributed by atoms with E-state index in [0.717, 1.165) is 25.9 Å². The summed E-state index contributed by atoms with van der Waals surface area (Å²) in [5, 5.41) is 7.83. The summed E-state index contributed by atoms with van der Waals surface area (Å²) in [6, 6.07) is -0.269. The number of carboxylic acid groups (broad SMARTS) is 1. The van der Waals surface area contributed by atoms with E-state index in [-0.39, 0.29) is 19.0 Å². The van der Waals surface area contributed by atoms with Crippen molar-refractivity contribution in [3.8, 4) is 0 Å². The normalized spacial score (nSPS) is 15.1. The van der Waals surface area contributed by atoms with Crippen molar-refractivity contribution in [1.29, 1.82) is 0 Å². The second-order valence-corrected chi connectivity index (χ2v) is 3.32. The predicted molar refractivity (Wildman–Crippen MR) is 56.3 cm³/mol. The summed E-state index contributed by atoms with van der Waals surface area (Å²) >= 11 is 0. The van der Waals surface area contributed by atoms with Gasteiger partial charge in [-0.25, -0.2) is 4.79 Å². The van der Waals surface area contributed by atoms with Crippen molar-refractivity contribution < 1.29 is 14.7 Å². The number of piperidine rings is 1. The quantitative estimate of drug-likeness (QED) is 0.603. The van der Waals surface area contributed by atoms with Gasteiger partial charge in [-0.05, 0) is 19.3 Å². The zero-order valence-corrected chi connectivity index (χ0v) is 8.82. The first-order chi connectivity index (χ1) is 7.07. The number of urea groups is 1. The van der Waals surface area contributed by atoms with Crippen LogP contribution in [0.15, 0.2) is 0 Å². The summed E-state index contributed by atoms with van der Waals surface area (Å²) in [4.78, 5) is 21.7. The highest BCUT2D eigenvalue weighted by Crippen LogP contribution is 2.06. The van der Waals surface area contributed by atoms with Crippen molar-refractivity contribution in [2.45, 2.75) is 25.7 Å². The molecule has 6 heteroatoms. The highest BCUT2D eigenvalue weighted by Gasteiger charge is 2.11. The Morgan fingerprint density at radius 2 is 1.73 bits per heavy atom. The molecule has 1 fully saturated rings. The maximum atomic E-state index is 10.5. The first-order valence-corrected chi connectivity index (χ1v) is 5.04. The number of aliphatic carboxylic acids is 1. The minimum atomic E-state index is -0.836. The summed E-state index contributed by atoms with van der Waals surface area (Å²) in [6.45, 7) is 1.94. The van der Waals surface area contributed by atoms with Crippen LogP contribution in [0.1, 0.15) is 25.7 Å². The second-order valence-electron chi connectivity index (χ2n) is 3.32. The number of amides is 2. The maximum absolute atomic E-state index is 10.5. The predicted octanol–water partition coefficient (Wildman–Crippen LogP) is -0.0292. The molecule has 1 aliphatic rings. The fraction of sp³-hybridized carbons (Fsp3) is 0.778. The van der Waals surface area contributed by atoms with E-state index in [1.54, 1.807) is 4.90 Å². The van der Waals surface area contributed by atoms with E-state index in [1.165, 1.54) is 6.42 Å². The van der Waals surface area contributed by atoms with Crippen LogP contribution in [0.25, 0.3) is 0 Å². The number of nitrogens with two attached hydrogens (primary N) is 2. The first kappa shape index (κ1) is 13.7. The van der Waals surface area contributed by atoms with Crippen LogP contribution in [-0.2, 0) is 4.79 Å². The van der Waals surface area contributed by atoms with Gasteiger partial charge in [-0.2, -0.15) is 0 Å². The monoisotopic (exact) mass is 217 g/mol. The number of nitrogens with zero attached hydrogens (tertiary/aromatic N) is 1. The topological polar surface area (TPSA) is 110 Å². The van der Waals surface area contributed by atoms with Crippen LogP contribution in [0.2, 0.25) is 0 Å². The van der Waals surface area contributed by atoms with Crippen molar-refractivity contribution >= 4 is 12.0 Å². The molecule has 0 aromatic carbocycles. The minimum Gasteiger partial charge on any atom is -0.481 e. The average molecular weight is 217 g/mol. The van der Waals surface area contributed by atoms with Crippen LogP contribution >= 0.6 is 0 Å². The molecule has 0 aromatic heterocycles. The molecule has 0 spiro atoms. The molecule has 1 saturated heterocycles. The van der Waals surface area contributed by atoms with Crippen molar-refractivity contribution in [2.24, 2.45) is 11.5 Å². The molecule has 0 bridgehead atoms. The zero-order chi connectivity index (χ0) is 11.7. The molecule has 88 valence electrons. The van der Waals surface area contributed by atoms with Gasteiger partial charge < -0.3 is 21.5 Å². The molecule has 1 aliphatic heterocycles. The highest BCUT2D eigenvalue weighted by molar-refractivity contribution is 5.71. The van der Waals surface area contributed by atoms with Gasteiger partial charge in [0.1, 0.15) is 0 Å². The van der Waals surface area contributed by atoms with Crippen molar-refractivity contribution in [3.05, 3.63) is 0 Å². The van der Waals surface area contributed by atoms with E-state index >= 15 is 0 Å². The lowest BCUT2D eigenvalue weighted by atomic mass is 10.1. The van der Waals surface area contributed by atoms with E-state index in [0.29, 0.717) is 0 Å². The second kappa shape index (κ2) is 8.05. The fourth-order valence-corrected chi connectivity index (χ4v) is 1.24. The number of carboxylic acids is 1. The van der Waals surface area contributed by atoms with Gasteiger partial charge in [0.05, 0.1) is 6.42 Å². The largest absolute Gasteiger partial charge is 0.481 e.